The minimum absolute atomic E-state index is 0.0474. The Morgan fingerprint density at radius 3 is 2.89 bits per heavy atom. The first-order valence-corrected chi connectivity index (χ1v) is 7.13. The summed E-state index contributed by atoms with van der Waals surface area (Å²) in [6.45, 7) is 1.84. The highest BCUT2D eigenvalue weighted by Gasteiger charge is 2.17. The summed E-state index contributed by atoms with van der Waals surface area (Å²) in [6, 6.07) is 1.82. The van der Waals surface area contributed by atoms with E-state index in [1.807, 2.05) is 6.07 Å². The molecule has 0 saturated carbocycles. The number of anilines is 1. The Bertz CT molecular complexity index is 600. The Kier molecular flexibility index (Phi) is 4.88. The molecule has 0 unspecified atom stereocenters. The molecule has 0 atom stereocenters. The fourth-order valence-electron chi connectivity index (χ4n) is 1.29. The van der Waals surface area contributed by atoms with E-state index in [2.05, 4.69) is 14.6 Å². The average Bonchev–Trinajstić information content (AvgIpc) is 2.66. The second-order valence-electron chi connectivity index (χ2n) is 3.65. The van der Waals surface area contributed by atoms with Crippen molar-refractivity contribution >= 4 is 21.8 Å². The Morgan fingerprint density at radius 1 is 1.63 bits per heavy atom. The van der Waals surface area contributed by atoms with E-state index in [0.717, 1.165) is 0 Å². The van der Waals surface area contributed by atoms with E-state index in [1.165, 1.54) is 10.9 Å². The van der Waals surface area contributed by atoms with Crippen LogP contribution in [0.4, 0.5) is 5.82 Å². The highest BCUT2D eigenvalue weighted by atomic mass is 32.2. The standard InChI is InChI=1S/C10H14N4O4S/c1-3-18-9(15)4-5-19(16,17)13-10-8(6-11)7-14(2)12-10/h7H,3-5H2,1-2H3,(H,12,13). The molecule has 19 heavy (non-hydrogen) atoms. The summed E-state index contributed by atoms with van der Waals surface area (Å²) >= 11 is 0. The molecule has 0 radical (unpaired) electrons. The van der Waals surface area contributed by atoms with Gasteiger partial charge in [0.15, 0.2) is 5.82 Å². The van der Waals surface area contributed by atoms with E-state index in [0.29, 0.717) is 0 Å². The van der Waals surface area contributed by atoms with Gasteiger partial charge in [-0.25, -0.2) is 8.42 Å². The zero-order chi connectivity index (χ0) is 14.5. The Labute approximate surface area is 111 Å². The fraction of sp³-hybridized carbons (Fsp3) is 0.500. The van der Waals surface area contributed by atoms with E-state index in [1.54, 1.807) is 14.0 Å². The normalized spacial score (nSPS) is 10.8. The third-order valence-corrected chi connectivity index (χ3v) is 3.33. The second kappa shape index (κ2) is 6.19. The van der Waals surface area contributed by atoms with Gasteiger partial charge in [-0.3, -0.25) is 14.2 Å². The van der Waals surface area contributed by atoms with Crippen LogP contribution in [-0.2, 0) is 26.6 Å². The highest BCUT2D eigenvalue weighted by Crippen LogP contribution is 2.13. The number of hydrogen-bond acceptors (Lipinski definition) is 6. The van der Waals surface area contributed by atoms with Gasteiger partial charge in [-0.2, -0.15) is 10.4 Å². The van der Waals surface area contributed by atoms with Gasteiger partial charge in [0.25, 0.3) is 0 Å². The molecule has 8 nitrogen and oxygen atoms in total. The number of aromatic nitrogens is 2. The van der Waals surface area contributed by atoms with Crippen molar-refractivity contribution in [1.82, 2.24) is 9.78 Å². The van der Waals surface area contributed by atoms with Gasteiger partial charge in [-0.05, 0) is 6.92 Å². The lowest BCUT2D eigenvalue weighted by molar-refractivity contribution is -0.142. The van der Waals surface area contributed by atoms with Crippen molar-refractivity contribution in [3.63, 3.8) is 0 Å². The largest absolute Gasteiger partial charge is 0.466 e. The number of carbonyl (C=O) groups excluding carboxylic acids is 1. The summed E-state index contributed by atoms with van der Waals surface area (Å²) < 4.78 is 31.5. The van der Waals surface area contributed by atoms with Gasteiger partial charge in [-0.1, -0.05) is 0 Å². The fourth-order valence-corrected chi connectivity index (χ4v) is 2.28. The molecule has 0 amide bonds. The first-order valence-electron chi connectivity index (χ1n) is 5.48. The average molecular weight is 286 g/mol. The van der Waals surface area contributed by atoms with E-state index >= 15 is 0 Å². The van der Waals surface area contributed by atoms with Gasteiger partial charge in [-0.15, -0.1) is 0 Å². The SMILES string of the molecule is CCOC(=O)CCS(=O)(=O)Nc1nn(C)cc1C#N. The zero-order valence-electron chi connectivity index (χ0n) is 10.6. The predicted molar refractivity (Wildman–Crippen MR) is 66.6 cm³/mol. The number of nitrogens with zero attached hydrogens (tertiary/aromatic N) is 3. The lowest BCUT2D eigenvalue weighted by atomic mass is 10.4. The molecule has 0 bridgehead atoms. The number of esters is 1. The Balaban J connectivity index is 2.69. The third-order valence-electron chi connectivity index (χ3n) is 2.08. The van der Waals surface area contributed by atoms with Gasteiger partial charge >= 0.3 is 5.97 Å². The van der Waals surface area contributed by atoms with Gasteiger partial charge < -0.3 is 4.74 Å². The smallest absolute Gasteiger partial charge is 0.306 e. The molecule has 0 spiro atoms. The van der Waals surface area contributed by atoms with Crippen LogP contribution in [0.3, 0.4) is 0 Å². The topological polar surface area (TPSA) is 114 Å². The van der Waals surface area contributed by atoms with Crippen LogP contribution in [-0.4, -0.2) is 36.5 Å². The van der Waals surface area contributed by atoms with Crippen molar-refractivity contribution in [3.8, 4) is 6.07 Å². The highest BCUT2D eigenvalue weighted by molar-refractivity contribution is 7.92. The van der Waals surface area contributed by atoms with Crippen LogP contribution < -0.4 is 4.72 Å². The van der Waals surface area contributed by atoms with Crippen LogP contribution in [0.2, 0.25) is 0 Å². The monoisotopic (exact) mass is 286 g/mol. The van der Waals surface area contributed by atoms with Crippen molar-refractivity contribution < 1.29 is 17.9 Å². The Hall–Kier alpha value is -2.08. The van der Waals surface area contributed by atoms with Crippen LogP contribution >= 0.6 is 0 Å². The van der Waals surface area contributed by atoms with Crippen LogP contribution in [0.15, 0.2) is 6.20 Å². The molecule has 0 saturated heterocycles. The number of sulfonamides is 1. The molecule has 104 valence electrons. The lowest BCUT2D eigenvalue weighted by Crippen LogP contribution is -2.20. The van der Waals surface area contributed by atoms with Crippen LogP contribution in [0.5, 0.6) is 0 Å². The quantitative estimate of drug-likeness (QED) is 0.735. The number of rotatable bonds is 6. The van der Waals surface area contributed by atoms with Crippen molar-refractivity contribution in [1.29, 1.82) is 5.26 Å². The van der Waals surface area contributed by atoms with E-state index < -0.39 is 21.7 Å². The molecule has 1 N–H and O–H groups in total. The summed E-state index contributed by atoms with van der Waals surface area (Å²) in [7, 11) is -2.18. The minimum atomic E-state index is -3.75. The van der Waals surface area contributed by atoms with Crippen LogP contribution in [0.1, 0.15) is 18.9 Å². The number of aryl methyl sites for hydroxylation is 1. The van der Waals surface area contributed by atoms with E-state index in [4.69, 9.17) is 5.26 Å². The minimum Gasteiger partial charge on any atom is -0.466 e. The Morgan fingerprint density at radius 2 is 2.32 bits per heavy atom. The predicted octanol–water partition coefficient (Wildman–Crippen LogP) is -0.0133. The van der Waals surface area contributed by atoms with Crippen molar-refractivity contribution in [2.24, 2.45) is 7.05 Å². The van der Waals surface area contributed by atoms with E-state index in [-0.39, 0.29) is 24.4 Å². The zero-order valence-corrected chi connectivity index (χ0v) is 11.4. The van der Waals surface area contributed by atoms with Gasteiger partial charge in [0.05, 0.1) is 18.8 Å². The van der Waals surface area contributed by atoms with E-state index in [9.17, 15) is 13.2 Å². The maximum absolute atomic E-state index is 11.7. The molecule has 9 heteroatoms. The molecule has 1 rings (SSSR count). The first kappa shape index (κ1) is 15.0. The van der Waals surface area contributed by atoms with Crippen LogP contribution in [0, 0.1) is 11.3 Å². The lowest BCUT2D eigenvalue weighted by Gasteiger charge is -2.05. The summed E-state index contributed by atoms with van der Waals surface area (Å²) in [5.41, 5.74) is 0.113. The van der Waals surface area contributed by atoms with Crippen LogP contribution in [0.25, 0.3) is 0 Å². The summed E-state index contributed by atoms with van der Waals surface area (Å²) in [4.78, 5) is 11.1. The third kappa shape index (κ3) is 4.59. The first-order chi connectivity index (χ1) is 8.88. The molecular weight excluding hydrogens is 272 g/mol. The van der Waals surface area contributed by atoms with Crippen molar-refractivity contribution in [2.45, 2.75) is 13.3 Å². The number of nitriles is 1. The van der Waals surface area contributed by atoms with Gasteiger partial charge in [0.1, 0.15) is 11.6 Å². The summed E-state index contributed by atoms with van der Waals surface area (Å²) in [5, 5.41) is 12.6. The second-order valence-corrected chi connectivity index (χ2v) is 5.49. The number of hydrogen-bond donors (Lipinski definition) is 1. The molecule has 0 fully saturated rings. The molecule has 0 aliphatic heterocycles. The molecule has 0 aliphatic rings. The molecule has 1 aromatic rings. The molecular formula is C10H14N4O4S. The van der Waals surface area contributed by atoms with Gasteiger partial charge in [0.2, 0.25) is 10.0 Å². The van der Waals surface area contributed by atoms with Gasteiger partial charge in [0, 0.05) is 13.2 Å². The number of nitrogens with one attached hydrogen (secondary N) is 1. The molecule has 1 aromatic heterocycles. The molecule has 0 aromatic carbocycles. The van der Waals surface area contributed by atoms with Crippen molar-refractivity contribution in [3.05, 3.63) is 11.8 Å². The maximum atomic E-state index is 11.7. The molecule has 1 heterocycles. The van der Waals surface area contributed by atoms with Crippen molar-refractivity contribution in [2.75, 3.05) is 17.1 Å². The maximum Gasteiger partial charge on any atom is 0.306 e. The summed E-state index contributed by atoms with van der Waals surface area (Å²) in [6.07, 6.45) is 1.14. The molecule has 0 aliphatic carbocycles. The summed E-state index contributed by atoms with van der Waals surface area (Å²) in [5.74, 6) is -1.06. The number of ether oxygens (including phenoxy) is 1. The number of carbonyl (C=O) groups is 1.